The van der Waals surface area contributed by atoms with E-state index in [1.54, 1.807) is 0 Å². The number of benzene rings is 2. The number of ether oxygens (including phenoxy) is 2. The van der Waals surface area contributed by atoms with Gasteiger partial charge in [-0.15, -0.1) is 0 Å². The lowest BCUT2D eigenvalue weighted by molar-refractivity contribution is -0.126. The van der Waals surface area contributed by atoms with Gasteiger partial charge in [-0.3, -0.25) is 4.79 Å². The maximum Gasteiger partial charge on any atom is 0.225 e. The van der Waals surface area contributed by atoms with Crippen molar-refractivity contribution in [2.45, 2.75) is 57.1 Å². The molecule has 0 aromatic heterocycles. The molecule has 2 N–H and O–H groups in total. The van der Waals surface area contributed by atoms with Crippen molar-refractivity contribution in [3.05, 3.63) is 53.1 Å². The molecule has 2 aromatic carbocycles. The Hall–Kier alpha value is -2.77. The van der Waals surface area contributed by atoms with Gasteiger partial charge in [-0.25, -0.2) is 0 Å². The van der Waals surface area contributed by atoms with E-state index < -0.39 is 6.10 Å². The maximum absolute atomic E-state index is 13.5. The largest absolute Gasteiger partial charge is 0.486 e. The van der Waals surface area contributed by atoms with Gasteiger partial charge in [0.2, 0.25) is 5.91 Å². The number of nitrogens with one attached hydrogen (secondary N) is 1. The highest BCUT2D eigenvalue weighted by Gasteiger charge is 2.33. The molecule has 2 aromatic rings. The number of anilines is 1. The zero-order chi connectivity index (χ0) is 25.2. The van der Waals surface area contributed by atoms with E-state index in [0.29, 0.717) is 31.3 Å². The van der Waals surface area contributed by atoms with Gasteiger partial charge < -0.3 is 29.7 Å². The third-order valence-electron chi connectivity index (χ3n) is 8.53. The topological polar surface area (TPSA) is 74.3 Å². The van der Waals surface area contributed by atoms with Crippen molar-refractivity contribution >= 4 is 11.6 Å². The molecule has 6 rings (SSSR count). The Morgan fingerprint density at radius 1 is 0.946 bits per heavy atom. The van der Waals surface area contributed by atoms with Crippen LogP contribution in [0.25, 0.3) is 0 Å². The molecule has 37 heavy (non-hydrogen) atoms. The molecule has 1 aliphatic carbocycles. The lowest BCUT2D eigenvalue weighted by atomic mass is 9.91. The molecular formula is C30H39N3O4. The highest BCUT2D eigenvalue weighted by atomic mass is 16.6. The minimum Gasteiger partial charge on any atom is -0.486 e. The Labute approximate surface area is 219 Å². The van der Waals surface area contributed by atoms with Crippen LogP contribution in [0.2, 0.25) is 0 Å². The Morgan fingerprint density at radius 3 is 2.57 bits per heavy atom. The van der Waals surface area contributed by atoms with Gasteiger partial charge in [0.25, 0.3) is 0 Å². The number of aryl methyl sites for hydroxylation is 2. The third-order valence-corrected chi connectivity index (χ3v) is 8.53. The Bertz CT molecular complexity index is 1120. The molecular weight excluding hydrogens is 466 g/mol. The zero-order valence-electron chi connectivity index (χ0n) is 21.7. The molecule has 2 saturated heterocycles. The highest BCUT2D eigenvalue weighted by molar-refractivity contribution is 5.80. The average Bonchev–Trinajstić information content (AvgIpc) is 3.64. The summed E-state index contributed by atoms with van der Waals surface area (Å²) in [6.07, 6.45) is 7.25. The maximum atomic E-state index is 13.5. The quantitative estimate of drug-likeness (QED) is 0.600. The Morgan fingerprint density at radius 2 is 1.73 bits per heavy atom. The second-order valence-corrected chi connectivity index (χ2v) is 11.1. The molecule has 3 atom stereocenters. The Balaban J connectivity index is 1.14. The molecule has 0 saturated carbocycles. The second-order valence-electron chi connectivity index (χ2n) is 11.1. The van der Waals surface area contributed by atoms with E-state index in [2.05, 4.69) is 33.3 Å². The molecule has 0 radical (unpaired) electrons. The molecule has 7 nitrogen and oxygen atoms in total. The molecule has 2 fully saturated rings. The molecule has 0 bridgehead atoms. The number of fused-ring (bicyclic) bond motifs is 2. The van der Waals surface area contributed by atoms with Crippen molar-refractivity contribution in [3.63, 3.8) is 0 Å². The fourth-order valence-corrected chi connectivity index (χ4v) is 6.37. The number of rotatable bonds is 7. The first-order chi connectivity index (χ1) is 18.1. The first-order valence-corrected chi connectivity index (χ1v) is 14.1. The molecule has 4 aliphatic rings. The third kappa shape index (κ3) is 5.43. The number of aliphatic hydroxyl groups excluding tert-OH is 1. The molecule has 7 heteroatoms. The number of carbonyl (C=O) groups excluding carboxylic acids is 1. The van der Waals surface area contributed by atoms with Crippen LogP contribution in [-0.2, 0) is 17.6 Å². The molecule has 1 amide bonds. The van der Waals surface area contributed by atoms with Gasteiger partial charge in [0.15, 0.2) is 11.5 Å². The van der Waals surface area contributed by atoms with Crippen molar-refractivity contribution in [1.29, 1.82) is 0 Å². The number of likely N-dealkylation sites (tertiary alicyclic amines) is 1. The first-order valence-electron chi connectivity index (χ1n) is 14.1. The molecule has 3 aliphatic heterocycles. The van der Waals surface area contributed by atoms with Crippen LogP contribution in [0.15, 0.2) is 36.4 Å². The summed E-state index contributed by atoms with van der Waals surface area (Å²) in [7, 11) is 0. The van der Waals surface area contributed by atoms with Crippen LogP contribution in [0.5, 0.6) is 11.5 Å². The molecule has 3 heterocycles. The van der Waals surface area contributed by atoms with E-state index in [-0.39, 0.29) is 17.9 Å². The summed E-state index contributed by atoms with van der Waals surface area (Å²) in [6.45, 7) is 5.31. The first kappa shape index (κ1) is 24.6. The number of amides is 1. The van der Waals surface area contributed by atoms with Crippen LogP contribution in [0.1, 0.15) is 54.9 Å². The average molecular weight is 506 g/mol. The predicted molar refractivity (Wildman–Crippen MR) is 143 cm³/mol. The van der Waals surface area contributed by atoms with Crippen LogP contribution in [0.4, 0.5) is 5.69 Å². The van der Waals surface area contributed by atoms with Gasteiger partial charge in [0, 0.05) is 25.3 Å². The van der Waals surface area contributed by atoms with Crippen LogP contribution in [0.3, 0.4) is 0 Å². The monoisotopic (exact) mass is 505 g/mol. The molecule has 198 valence electrons. The number of carbonyl (C=O) groups is 1. The number of hydrogen-bond donors (Lipinski definition) is 2. The van der Waals surface area contributed by atoms with Crippen molar-refractivity contribution in [3.8, 4) is 11.5 Å². The second kappa shape index (κ2) is 10.9. The highest BCUT2D eigenvalue weighted by Crippen LogP contribution is 2.34. The van der Waals surface area contributed by atoms with Crippen molar-refractivity contribution in [2.75, 3.05) is 50.8 Å². The summed E-state index contributed by atoms with van der Waals surface area (Å²) in [5, 5.41) is 14.7. The van der Waals surface area contributed by atoms with E-state index in [1.165, 1.54) is 48.9 Å². The summed E-state index contributed by atoms with van der Waals surface area (Å²) in [6, 6.07) is 12.1. The van der Waals surface area contributed by atoms with Crippen molar-refractivity contribution < 1.29 is 19.4 Å². The van der Waals surface area contributed by atoms with Gasteiger partial charge >= 0.3 is 0 Å². The van der Waals surface area contributed by atoms with Gasteiger partial charge in [-0.2, -0.15) is 0 Å². The standard InChI is InChI=1S/C30H39N3O4/c34-29(23-8-10-27-28(18-23)37-16-15-36-27)26(20-32-12-3-4-13-32)31-30(35)24-11-14-33(19-24)25-9-7-21-5-1-2-6-22(21)17-25/h7-10,17-18,24,26,29,34H,1-6,11-16,19-20H2,(H,31,35)/t24?,26-,29-/m1/s1. The molecule has 0 spiro atoms. The van der Waals surface area contributed by atoms with E-state index in [0.717, 1.165) is 44.6 Å². The zero-order valence-corrected chi connectivity index (χ0v) is 21.7. The van der Waals surface area contributed by atoms with Gasteiger partial charge in [0.1, 0.15) is 19.3 Å². The summed E-state index contributed by atoms with van der Waals surface area (Å²) >= 11 is 0. The number of aliphatic hydroxyl groups is 1. The Kier molecular flexibility index (Phi) is 7.25. The number of hydrogen-bond acceptors (Lipinski definition) is 6. The van der Waals surface area contributed by atoms with Gasteiger partial charge in [-0.1, -0.05) is 12.1 Å². The lowest BCUT2D eigenvalue weighted by Crippen LogP contribution is -2.48. The van der Waals surface area contributed by atoms with Crippen LogP contribution in [0, 0.1) is 5.92 Å². The molecule has 1 unspecified atom stereocenters. The fraction of sp³-hybridized carbons (Fsp3) is 0.567. The lowest BCUT2D eigenvalue weighted by Gasteiger charge is -2.30. The predicted octanol–water partition coefficient (Wildman–Crippen LogP) is 3.48. The SMILES string of the molecule is O=C(N[C@H](CN1CCCC1)[C@H](O)c1ccc2c(c1)OCCO2)C1CCN(c2ccc3c(c2)CCCC3)C1. The van der Waals surface area contributed by atoms with Crippen molar-refractivity contribution in [1.82, 2.24) is 10.2 Å². The van der Waals surface area contributed by atoms with Crippen molar-refractivity contribution in [2.24, 2.45) is 5.92 Å². The normalized spacial score (nSPS) is 22.9. The van der Waals surface area contributed by atoms with Crippen LogP contribution >= 0.6 is 0 Å². The van der Waals surface area contributed by atoms with Crippen LogP contribution < -0.4 is 19.7 Å². The summed E-state index contributed by atoms with van der Waals surface area (Å²) in [4.78, 5) is 18.2. The van der Waals surface area contributed by atoms with E-state index >= 15 is 0 Å². The van der Waals surface area contributed by atoms with E-state index in [1.807, 2.05) is 18.2 Å². The van der Waals surface area contributed by atoms with E-state index in [4.69, 9.17) is 9.47 Å². The minimum absolute atomic E-state index is 0.0428. The minimum atomic E-state index is -0.821. The smallest absolute Gasteiger partial charge is 0.225 e. The summed E-state index contributed by atoms with van der Waals surface area (Å²) in [5.74, 6) is 1.33. The van der Waals surface area contributed by atoms with Gasteiger partial charge in [0.05, 0.1) is 12.0 Å². The number of nitrogens with zero attached hydrogens (tertiary/aromatic N) is 2. The van der Waals surface area contributed by atoms with Gasteiger partial charge in [-0.05, 0) is 99.0 Å². The summed E-state index contributed by atoms with van der Waals surface area (Å²) in [5.41, 5.74) is 4.95. The van der Waals surface area contributed by atoms with Crippen LogP contribution in [-0.4, -0.2) is 67.9 Å². The fourth-order valence-electron chi connectivity index (χ4n) is 6.37. The van der Waals surface area contributed by atoms with E-state index in [9.17, 15) is 9.90 Å². The summed E-state index contributed by atoms with van der Waals surface area (Å²) < 4.78 is 11.4.